The molecule has 2 rings (SSSR count). The van der Waals surface area contributed by atoms with Crippen LogP contribution < -0.4 is 0 Å². The number of hydrogen-bond donors (Lipinski definition) is 0. The molecule has 1 aromatic rings. The van der Waals surface area contributed by atoms with E-state index in [0.717, 1.165) is 12.8 Å². The lowest BCUT2D eigenvalue weighted by molar-refractivity contribution is 0.109. The molecule has 0 amide bonds. The average Bonchev–Trinajstić information content (AvgIpc) is 2.46. The topological polar surface area (TPSA) is 43.4 Å². The minimum absolute atomic E-state index is 0.0223. The first-order valence-corrected chi connectivity index (χ1v) is 8.80. The summed E-state index contributed by atoms with van der Waals surface area (Å²) in [6, 6.07) is 8.67. The maximum absolute atomic E-state index is 13.0. The van der Waals surface area contributed by atoms with E-state index in [1.54, 1.807) is 31.4 Å². The third-order valence-electron chi connectivity index (χ3n) is 4.15. The van der Waals surface area contributed by atoms with Crippen LogP contribution in [0.1, 0.15) is 33.6 Å². The van der Waals surface area contributed by atoms with Gasteiger partial charge in [0.05, 0.1) is 15.9 Å². The van der Waals surface area contributed by atoms with E-state index in [0.29, 0.717) is 9.80 Å². The fraction of sp³-hybridized carbons (Fsp3) is 0.529. The number of methoxy groups -OCH3 is 1. The third kappa shape index (κ3) is 3.38. The molecule has 0 radical (unpaired) electrons. The Morgan fingerprint density at radius 3 is 2.24 bits per heavy atom. The SMILES string of the molecule is CO[C@@H]1C=C(S(=O)(=O)c2ccccc2)[C@@H](C(C)(C)C)CC1. The van der Waals surface area contributed by atoms with Crippen LogP contribution in [0.3, 0.4) is 0 Å². The third-order valence-corrected chi connectivity index (χ3v) is 6.08. The molecule has 0 spiro atoms. The molecule has 0 fully saturated rings. The lowest BCUT2D eigenvalue weighted by Crippen LogP contribution is -2.32. The summed E-state index contributed by atoms with van der Waals surface area (Å²) in [5.74, 6) is 0.0223. The van der Waals surface area contributed by atoms with Gasteiger partial charge in [0.2, 0.25) is 9.84 Å². The second-order valence-electron chi connectivity index (χ2n) is 6.66. The van der Waals surface area contributed by atoms with Crippen LogP contribution in [0.2, 0.25) is 0 Å². The van der Waals surface area contributed by atoms with Gasteiger partial charge >= 0.3 is 0 Å². The van der Waals surface area contributed by atoms with Gasteiger partial charge in [0.1, 0.15) is 0 Å². The molecule has 1 aliphatic rings. The van der Waals surface area contributed by atoms with Gasteiger partial charge in [-0.05, 0) is 42.4 Å². The van der Waals surface area contributed by atoms with Gasteiger partial charge in [0.15, 0.2) is 0 Å². The highest BCUT2D eigenvalue weighted by molar-refractivity contribution is 7.95. The van der Waals surface area contributed by atoms with Gasteiger partial charge < -0.3 is 4.74 Å². The summed E-state index contributed by atoms with van der Waals surface area (Å²) in [5, 5.41) is 0. The molecule has 1 aromatic carbocycles. The molecular weight excluding hydrogens is 284 g/mol. The summed E-state index contributed by atoms with van der Waals surface area (Å²) in [6.45, 7) is 6.29. The summed E-state index contributed by atoms with van der Waals surface area (Å²) in [6.07, 6.45) is 3.39. The Morgan fingerprint density at radius 1 is 1.10 bits per heavy atom. The molecule has 0 unspecified atom stereocenters. The maximum Gasteiger partial charge on any atom is 0.202 e. The van der Waals surface area contributed by atoms with Crippen LogP contribution in [0.4, 0.5) is 0 Å². The lowest BCUT2D eigenvalue weighted by atomic mass is 9.75. The van der Waals surface area contributed by atoms with Gasteiger partial charge in [-0.2, -0.15) is 0 Å². The highest BCUT2D eigenvalue weighted by atomic mass is 32.2. The van der Waals surface area contributed by atoms with Gasteiger partial charge in [-0.3, -0.25) is 0 Å². The summed E-state index contributed by atoms with van der Waals surface area (Å²) in [5.41, 5.74) is -0.0909. The van der Waals surface area contributed by atoms with Crippen molar-refractivity contribution in [1.29, 1.82) is 0 Å². The Balaban J connectivity index is 2.52. The fourth-order valence-corrected chi connectivity index (χ4v) is 4.88. The van der Waals surface area contributed by atoms with Gasteiger partial charge in [-0.15, -0.1) is 0 Å². The van der Waals surface area contributed by atoms with Gasteiger partial charge in [-0.1, -0.05) is 39.0 Å². The number of allylic oxidation sites excluding steroid dienone is 1. The van der Waals surface area contributed by atoms with Crippen molar-refractivity contribution in [3.63, 3.8) is 0 Å². The second-order valence-corrected chi connectivity index (χ2v) is 8.61. The summed E-state index contributed by atoms with van der Waals surface area (Å²) in [4.78, 5) is 0.876. The first kappa shape index (κ1) is 16.2. The number of benzene rings is 1. The average molecular weight is 308 g/mol. The zero-order valence-corrected chi connectivity index (χ0v) is 14.0. The summed E-state index contributed by atoms with van der Waals surface area (Å²) < 4.78 is 31.3. The normalized spacial score (nSPS) is 23.7. The monoisotopic (exact) mass is 308 g/mol. The first-order chi connectivity index (χ1) is 9.76. The molecule has 4 heteroatoms. The van der Waals surface area contributed by atoms with Crippen molar-refractivity contribution >= 4 is 9.84 Å². The molecule has 0 saturated heterocycles. The molecule has 0 N–H and O–H groups in total. The highest BCUT2D eigenvalue weighted by Gasteiger charge is 2.38. The Hall–Kier alpha value is -1.13. The fourth-order valence-electron chi connectivity index (χ4n) is 2.91. The van der Waals surface area contributed by atoms with Gasteiger partial charge in [-0.25, -0.2) is 8.42 Å². The van der Waals surface area contributed by atoms with Crippen LogP contribution in [-0.4, -0.2) is 21.6 Å². The number of rotatable bonds is 3. The zero-order chi connectivity index (χ0) is 15.7. The molecule has 0 bridgehead atoms. The van der Waals surface area contributed by atoms with Gasteiger partial charge in [0.25, 0.3) is 0 Å². The molecule has 0 aromatic heterocycles. The zero-order valence-electron chi connectivity index (χ0n) is 13.2. The Labute approximate surface area is 127 Å². The Kier molecular flexibility index (Phi) is 4.59. The van der Waals surface area contributed by atoms with E-state index >= 15 is 0 Å². The summed E-state index contributed by atoms with van der Waals surface area (Å²) in [7, 11) is -1.83. The van der Waals surface area contributed by atoms with E-state index < -0.39 is 9.84 Å². The number of sulfone groups is 1. The molecule has 0 saturated carbocycles. The van der Waals surface area contributed by atoms with Crippen molar-refractivity contribution in [1.82, 2.24) is 0 Å². The van der Waals surface area contributed by atoms with Gasteiger partial charge in [0, 0.05) is 7.11 Å². The number of hydrogen-bond acceptors (Lipinski definition) is 3. The molecule has 0 aliphatic heterocycles. The van der Waals surface area contributed by atoms with E-state index in [9.17, 15) is 8.42 Å². The van der Waals surface area contributed by atoms with E-state index in [-0.39, 0.29) is 17.4 Å². The first-order valence-electron chi connectivity index (χ1n) is 7.31. The van der Waals surface area contributed by atoms with Crippen LogP contribution in [0.15, 0.2) is 46.2 Å². The minimum atomic E-state index is -3.46. The van der Waals surface area contributed by atoms with Crippen LogP contribution in [0, 0.1) is 11.3 Å². The molecule has 0 heterocycles. The van der Waals surface area contributed by atoms with Crippen molar-refractivity contribution < 1.29 is 13.2 Å². The summed E-state index contributed by atoms with van der Waals surface area (Å²) >= 11 is 0. The molecular formula is C17H24O3S. The van der Waals surface area contributed by atoms with E-state index in [1.165, 1.54) is 0 Å². The standard InChI is InChI=1S/C17H24O3S/c1-17(2,3)15-11-10-13(20-4)12-16(15)21(18,19)14-8-6-5-7-9-14/h5-9,12-13,15H,10-11H2,1-4H3/t13-,15-/m0/s1. The van der Waals surface area contributed by atoms with Crippen molar-refractivity contribution in [2.75, 3.05) is 7.11 Å². The molecule has 1 aliphatic carbocycles. The Bertz CT molecular complexity index is 609. The highest BCUT2D eigenvalue weighted by Crippen LogP contribution is 2.43. The Morgan fingerprint density at radius 2 is 1.71 bits per heavy atom. The minimum Gasteiger partial charge on any atom is -0.377 e. The molecule has 3 nitrogen and oxygen atoms in total. The predicted octanol–water partition coefficient (Wildman–Crippen LogP) is 3.82. The van der Waals surface area contributed by atoms with Crippen molar-refractivity contribution in [3.05, 3.63) is 41.3 Å². The van der Waals surface area contributed by atoms with Crippen LogP contribution in [-0.2, 0) is 14.6 Å². The van der Waals surface area contributed by atoms with Crippen molar-refractivity contribution in [3.8, 4) is 0 Å². The van der Waals surface area contributed by atoms with Crippen LogP contribution in [0.25, 0.3) is 0 Å². The smallest absolute Gasteiger partial charge is 0.202 e. The van der Waals surface area contributed by atoms with Crippen molar-refractivity contribution in [2.24, 2.45) is 11.3 Å². The van der Waals surface area contributed by atoms with Crippen molar-refractivity contribution in [2.45, 2.75) is 44.6 Å². The number of ether oxygens (including phenoxy) is 1. The maximum atomic E-state index is 13.0. The second kappa shape index (κ2) is 5.93. The molecule has 21 heavy (non-hydrogen) atoms. The quantitative estimate of drug-likeness (QED) is 0.852. The largest absolute Gasteiger partial charge is 0.377 e. The van der Waals surface area contributed by atoms with E-state index in [4.69, 9.17) is 4.74 Å². The lowest BCUT2D eigenvalue weighted by Gasteiger charge is -2.36. The van der Waals surface area contributed by atoms with Crippen LogP contribution in [0.5, 0.6) is 0 Å². The molecule has 116 valence electrons. The van der Waals surface area contributed by atoms with E-state index in [2.05, 4.69) is 20.8 Å². The predicted molar refractivity (Wildman–Crippen MR) is 84.7 cm³/mol. The van der Waals surface area contributed by atoms with Crippen LogP contribution >= 0.6 is 0 Å². The van der Waals surface area contributed by atoms with E-state index in [1.807, 2.05) is 12.1 Å². The molecule has 2 atom stereocenters.